The Kier molecular flexibility index (Phi) is 3.19. The summed E-state index contributed by atoms with van der Waals surface area (Å²) in [6, 6.07) is 3.64. The number of likely N-dealkylation sites (tertiary alicyclic amines) is 1. The molecule has 2 rings (SSSR count). The third-order valence-corrected chi connectivity index (χ3v) is 3.00. The third-order valence-electron chi connectivity index (χ3n) is 3.00. The van der Waals surface area contributed by atoms with Crippen molar-refractivity contribution in [1.82, 2.24) is 4.90 Å². The normalized spacial score (nSPS) is 19.6. The largest absolute Gasteiger partial charge is 0.508 e. The third kappa shape index (κ3) is 2.34. The summed E-state index contributed by atoms with van der Waals surface area (Å²) in [6.45, 7) is 0.539. The van der Waals surface area contributed by atoms with Gasteiger partial charge in [-0.15, -0.1) is 0 Å². The summed E-state index contributed by atoms with van der Waals surface area (Å²) in [5.41, 5.74) is 0.239. The number of carbonyl (C=O) groups excluding carboxylic acids is 1. The fourth-order valence-corrected chi connectivity index (χ4v) is 2.18. The zero-order chi connectivity index (χ0) is 12.4. The number of nitrogens with zero attached hydrogens (tertiary/aromatic N) is 1. The summed E-state index contributed by atoms with van der Waals surface area (Å²) in [7, 11) is 0. The molecule has 17 heavy (non-hydrogen) atoms. The number of phenols is 2. The van der Waals surface area contributed by atoms with Crippen molar-refractivity contribution in [1.29, 1.82) is 0 Å². The van der Waals surface area contributed by atoms with Crippen LogP contribution in [0, 0.1) is 0 Å². The van der Waals surface area contributed by atoms with Gasteiger partial charge in [0.05, 0.1) is 12.6 Å². The number of rotatable bonds is 2. The number of hydrogen-bond donors (Lipinski definition) is 3. The first-order valence-electron chi connectivity index (χ1n) is 5.56. The van der Waals surface area contributed by atoms with Crippen molar-refractivity contribution in [2.24, 2.45) is 0 Å². The smallest absolute Gasteiger partial charge is 0.254 e. The van der Waals surface area contributed by atoms with Crippen LogP contribution in [0.3, 0.4) is 0 Å². The highest BCUT2D eigenvalue weighted by Gasteiger charge is 2.29. The van der Waals surface area contributed by atoms with E-state index in [-0.39, 0.29) is 35.6 Å². The molecule has 1 amide bonds. The second-order valence-corrected chi connectivity index (χ2v) is 4.22. The van der Waals surface area contributed by atoms with Crippen molar-refractivity contribution in [3.8, 4) is 11.5 Å². The predicted octanol–water partition coefficient (Wildman–Crippen LogP) is 0.695. The molecule has 0 radical (unpaired) electrons. The summed E-state index contributed by atoms with van der Waals surface area (Å²) >= 11 is 0. The maximum Gasteiger partial charge on any atom is 0.254 e. The maximum absolute atomic E-state index is 12.1. The Morgan fingerprint density at radius 2 is 1.94 bits per heavy atom. The van der Waals surface area contributed by atoms with E-state index in [0.29, 0.717) is 6.54 Å². The minimum Gasteiger partial charge on any atom is -0.508 e. The van der Waals surface area contributed by atoms with Crippen molar-refractivity contribution in [3.05, 3.63) is 23.8 Å². The lowest BCUT2D eigenvalue weighted by Crippen LogP contribution is -2.37. The van der Waals surface area contributed by atoms with Gasteiger partial charge in [0.15, 0.2) is 0 Å². The summed E-state index contributed by atoms with van der Waals surface area (Å²) in [5, 5.41) is 27.8. The van der Waals surface area contributed by atoms with E-state index in [1.807, 2.05) is 0 Å². The van der Waals surface area contributed by atoms with Crippen molar-refractivity contribution in [2.75, 3.05) is 13.2 Å². The first-order chi connectivity index (χ1) is 8.11. The first kappa shape index (κ1) is 11.7. The molecular weight excluding hydrogens is 222 g/mol. The van der Waals surface area contributed by atoms with Crippen molar-refractivity contribution >= 4 is 5.91 Å². The lowest BCUT2D eigenvalue weighted by Gasteiger charge is -2.23. The van der Waals surface area contributed by atoms with Gasteiger partial charge >= 0.3 is 0 Å². The Hall–Kier alpha value is -1.75. The van der Waals surface area contributed by atoms with Gasteiger partial charge in [0.2, 0.25) is 0 Å². The summed E-state index contributed by atoms with van der Waals surface area (Å²) in [4.78, 5) is 13.7. The zero-order valence-electron chi connectivity index (χ0n) is 9.33. The molecule has 1 unspecified atom stereocenters. The van der Waals surface area contributed by atoms with Gasteiger partial charge in [-0.3, -0.25) is 4.79 Å². The Labute approximate surface area is 98.9 Å². The molecule has 1 atom stereocenters. The van der Waals surface area contributed by atoms with Crippen LogP contribution in [0.25, 0.3) is 0 Å². The highest BCUT2D eigenvalue weighted by Crippen LogP contribution is 2.24. The van der Waals surface area contributed by atoms with Crippen LogP contribution in [0.2, 0.25) is 0 Å². The van der Waals surface area contributed by atoms with Gasteiger partial charge < -0.3 is 20.2 Å². The monoisotopic (exact) mass is 237 g/mol. The number of aliphatic hydroxyl groups excluding tert-OH is 1. The van der Waals surface area contributed by atoms with E-state index in [2.05, 4.69) is 0 Å². The van der Waals surface area contributed by atoms with E-state index in [1.54, 1.807) is 4.90 Å². The van der Waals surface area contributed by atoms with E-state index in [1.165, 1.54) is 18.2 Å². The molecule has 0 bridgehead atoms. The summed E-state index contributed by atoms with van der Waals surface area (Å²) in [5.74, 6) is -0.561. The van der Waals surface area contributed by atoms with Gasteiger partial charge in [-0.05, 0) is 25.0 Å². The fraction of sp³-hybridized carbons (Fsp3) is 0.417. The second-order valence-electron chi connectivity index (χ2n) is 4.22. The molecule has 1 saturated heterocycles. The molecule has 0 spiro atoms. The molecule has 0 saturated carbocycles. The molecule has 1 fully saturated rings. The van der Waals surface area contributed by atoms with Crippen LogP contribution < -0.4 is 0 Å². The lowest BCUT2D eigenvalue weighted by atomic mass is 10.1. The predicted molar refractivity (Wildman–Crippen MR) is 60.9 cm³/mol. The van der Waals surface area contributed by atoms with Crippen molar-refractivity contribution < 1.29 is 20.1 Å². The van der Waals surface area contributed by atoms with Gasteiger partial charge in [0, 0.05) is 18.2 Å². The topological polar surface area (TPSA) is 81.0 Å². The Bertz CT molecular complexity index is 412. The van der Waals surface area contributed by atoms with Gasteiger partial charge in [-0.1, -0.05) is 0 Å². The zero-order valence-corrected chi connectivity index (χ0v) is 9.33. The Balaban J connectivity index is 2.24. The lowest BCUT2D eigenvalue weighted by molar-refractivity contribution is 0.0677. The van der Waals surface area contributed by atoms with E-state index >= 15 is 0 Å². The SMILES string of the molecule is O=C(c1cc(O)cc(O)c1)N1CCCC1CO. The molecular formula is C12H15NO4. The van der Waals surface area contributed by atoms with E-state index in [9.17, 15) is 15.0 Å². The molecule has 0 aromatic heterocycles. The van der Waals surface area contributed by atoms with E-state index in [4.69, 9.17) is 5.11 Å². The molecule has 1 aromatic carbocycles. The molecule has 0 aliphatic carbocycles. The average Bonchev–Trinajstić information content (AvgIpc) is 2.74. The molecule has 1 heterocycles. The van der Waals surface area contributed by atoms with Crippen LogP contribution in [0.1, 0.15) is 23.2 Å². The van der Waals surface area contributed by atoms with Crippen molar-refractivity contribution in [3.63, 3.8) is 0 Å². The molecule has 5 nitrogen and oxygen atoms in total. The maximum atomic E-state index is 12.1. The standard InChI is InChI=1S/C12H15NO4/c14-7-9-2-1-3-13(9)12(17)8-4-10(15)6-11(16)5-8/h4-6,9,14-16H,1-3,7H2. The number of aromatic hydroxyl groups is 2. The van der Waals surface area contributed by atoms with E-state index < -0.39 is 0 Å². The summed E-state index contributed by atoms with van der Waals surface area (Å²) < 4.78 is 0. The molecule has 3 N–H and O–H groups in total. The van der Waals surface area contributed by atoms with Gasteiger partial charge in [0.25, 0.3) is 5.91 Å². The quantitative estimate of drug-likeness (QED) is 0.707. The first-order valence-corrected chi connectivity index (χ1v) is 5.56. The highest BCUT2D eigenvalue weighted by molar-refractivity contribution is 5.95. The van der Waals surface area contributed by atoms with E-state index in [0.717, 1.165) is 12.8 Å². The average molecular weight is 237 g/mol. The van der Waals surface area contributed by atoms with Crippen LogP contribution in [0.15, 0.2) is 18.2 Å². The molecule has 1 aliphatic heterocycles. The van der Waals surface area contributed by atoms with Gasteiger partial charge in [-0.25, -0.2) is 0 Å². The number of aliphatic hydroxyl groups is 1. The van der Waals surface area contributed by atoms with Crippen LogP contribution in [-0.2, 0) is 0 Å². The van der Waals surface area contributed by atoms with Crippen LogP contribution >= 0.6 is 0 Å². The minimum absolute atomic E-state index is 0.0590. The number of amides is 1. The molecule has 5 heteroatoms. The summed E-state index contributed by atoms with van der Waals surface area (Å²) in [6.07, 6.45) is 1.65. The van der Waals surface area contributed by atoms with Gasteiger partial charge in [0.1, 0.15) is 11.5 Å². The molecule has 1 aliphatic rings. The van der Waals surface area contributed by atoms with Crippen LogP contribution in [-0.4, -0.2) is 45.3 Å². The minimum atomic E-state index is -0.271. The number of carbonyl (C=O) groups is 1. The number of benzene rings is 1. The number of hydrogen-bond acceptors (Lipinski definition) is 4. The molecule has 1 aromatic rings. The van der Waals surface area contributed by atoms with Crippen LogP contribution in [0.4, 0.5) is 0 Å². The fourth-order valence-electron chi connectivity index (χ4n) is 2.18. The van der Waals surface area contributed by atoms with Gasteiger partial charge in [-0.2, -0.15) is 0 Å². The Morgan fingerprint density at radius 3 is 2.53 bits per heavy atom. The highest BCUT2D eigenvalue weighted by atomic mass is 16.3. The number of phenolic OH excluding ortho intramolecular Hbond substituents is 2. The molecule has 92 valence electrons. The second kappa shape index (κ2) is 4.63. The van der Waals surface area contributed by atoms with Crippen molar-refractivity contribution in [2.45, 2.75) is 18.9 Å². The van der Waals surface area contributed by atoms with Crippen LogP contribution in [0.5, 0.6) is 11.5 Å². The Morgan fingerprint density at radius 1 is 1.29 bits per heavy atom.